The molecule has 0 aromatic heterocycles. The van der Waals surface area contributed by atoms with Crippen molar-refractivity contribution < 1.29 is 14.7 Å². The monoisotopic (exact) mass is 256 g/mol. The van der Waals surface area contributed by atoms with Gasteiger partial charge in [-0.2, -0.15) is 0 Å². The Bertz CT molecular complexity index is 297. The Hall–Kier alpha value is -1.26. The lowest BCUT2D eigenvalue weighted by molar-refractivity contribution is -0.143. The molecule has 1 unspecified atom stereocenters. The minimum Gasteiger partial charge on any atom is -0.481 e. The topological polar surface area (TPSA) is 69.6 Å². The van der Waals surface area contributed by atoms with Crippen molar-refractivity contribution in [3.63, 3.8) is 0 Å². The molecule has 0 spiro atoms. The first-order valence-corrected chi connectivity index (χ1v) is 6.74. The van der Waals surface area contributed by atoms with Crippen LogP contribution in [0.2, 0.25) is 0 Å². The van der Waals surface area contributed by atoms with Crippen LogP contribution in [-0.4, -0.2) is 41.1 Å². The van der Waals surface area contributed by atoms with Crippen LogP contribution < -0.4 is 5.32 Å². The van der Waals surface area contributed by atoms with Crippen LogP contribution in [0.1, 0.15) is 40.0 Å². The fourth-order valence-corrected chi connectivity index (χ4v) is 2.32. The van der Waals surface area contributed by atoms with Gasteiger partial charge in [0.05, 0.1) is 5.92 Å². The number of carboxylic acid groups (broad SMARTS) is 1. The van der Waals surface area contributed by atoms with E-state index in [0.29, 0.717) is 31.8 Å². The summed E-state index contributed by atoms with van der Waals surface area (Å²) in [6.07, 6.45) is 2.03. The molecule has 1 aliphatic heterocycles. The molecule has 104 valence electrons. The van der Waals surface area contributed by atoms with E-state index in [2.05, 4.69) is 26.1 Å². The van der Waals surface area contributed by atoms with E-state index in [0.717, 1.165) is 6.42 Å². The van der Waals surface area contributed by atoms with Crippen molar-refractivity contribution >= 4 is 12.0 Å². The number of aliphatic carboxylic acids is 1. The molecule has 1 aliphatic rings. The molecule has 1 fully saturated rings. The van der Waals surface area contributed by atoms with Crippen LogP contribution in [0.25, 0.3) is 0 Å². The number of nitrogens with one attached hydrogen (secondary N) is 1. The number of rotatable bonds is 4. The summed E-state index contributed by atoms with van der Waals surface area (Å²) in [6, 6.07) is 0.133. The Kier molecular flexibility index (Phi) is 5.44. The van der Waals surface area contributed by atoms with Crippen molar-refractivity contribution in [3.05, 3.63) is 0 Å². The first kappa shape index (κ1) is 14.8. The second kappa shape index (κ2) is 6.61. The molecule has 1 atom stereocenters. The number of nitrogens with zero attached hydrogens (tertiary/aromatic N) is 1. The Balaban J connectivity index is 2.42. The van der Waals surface area contributed by atoms with Crippen molar-refractivity contribution in [2.45, 2.75) is 46.1 Å². The fourth-order valence-electron chi connectivity index (χ4n) is 2.32. The van der Waals surface area contributed by atoms with Crippen LogP contribution in [0.15, 0.2) is 0 Å². The van der Waals surface area contributed by atoms with Crippen LogP contribution in [0.5, 0.6) is 0 Å². The van der Waals surface area contributed by atoms with Gasteiger partial charge in [0.2, 0.25) is 0 Å². The van der Waals surface area contributed by atoms with Crippen molar-refractivity contribution in [1.29, 1.82) is 0 Å². The molecular weight excluding hydrogens is 232 g/mol. The molecule has 0 aliphatic carbocycles. The highest BCUT2D eigenvalue weighted by molar-refractivity contribution is 5.75. The van der Waals surface area contributed by atoms with Gasteiger partial charge >= 0.3 is 12.0 Å². The average Bonchev–Trinajstić information content (AvgIpc) is 2.35. The summed E-state index contributed by atoms with van der Waals surface area (Å²) < 4.78 is 0. The number of likely N-dealkylation sites (tertiary alicyclic amines) is 1. The van der Waals surface area contributed by atoms with Gasteiger partial charge in [-0.1, -0.05) is 20.8 Å². The Labute approximate surface area is 109 Å². The molecule has 1 rings (SSSR count). The van der Waals surface area contributed by atoms with Crippen molar-refractivity contribution in [1.82, 2.24) is 10.2 Å². The summed E-state index contributed by atoms with van der Waals surface area (Å²) in [7, 11) is 0. The summed E-state index contributed by atoms with van der Waals surface area (Å²) in [4.78, 5) is 24.6. The van der Waals surface area contributed by atoms with E-state index in [1.165, 1.54) is 0 Å². The van der Waals surface area contributed by atoms with Crippen LogP contribution in [0, 0.1) is 11.8 Å². The zero-order valence-corrected chi connectivity index (χ0v) is 11.5. The molecule has 2 N–H and O–H groups in total. The van der Waals surface area contributed by atoms with Gasteiger partial charge < -0.3 is 15.3 Å². The third-order valence-corrected chi connectivity index (χ3v) is 3.68. The number of amides is 2. The van der Waals surface area contributed by atoms with Gasteiger partial charge in [0.25, 0.3) is 0 Å². The Morgan fingerprint density at radius 2 is 1.89 bits per heavy atom. The largest absolute Gasteiger partial charge is 0.481 e. The fraction of sp³-hybridized carbons (Fsp3) is 0.846. The summed E-state index contributed by atoms with van der Waals surface area (Å²) in [5.74, 6) is -0.625. The van der Waals surface area contributed by atoms with Crippen molar-refractivity contribution in [2.24, 2.45) is 11.8 Å². The number of carbonyl (C=O) groups is 2. The zero-order chi connectivity index (χ0) is 13.7. The molecule has 0 bridgehead atoms. The Morgan fingerprint density at radius 1 is 1.33 bits per heavy atom. The quantitative estimate of drug-likeness (QED) is 0.807. The van der Waals surface area contributed by atoms with Gasteiger partial charge in [0.1, 0.15) is 0 Å². The number of carboxylic acids is 1. The molecular formula is C13H24N2O3. The maximum absolute atomic E-state index is 12.0. The van der Waals surface area contributed by atoms with E-state index in [9.17, 15) is 9.59 Å². The second-order valence-electron chi connectivity index (χ2n) is 5.31. The lowest BCUT2D eigenvalue weighted by Crippen LogP contribution is -2.49. The van der Waals surface area contributed by atoms with Gasteiger partial charge in [-0.25, -0.2) is 4.79 Å². The zero-order valence-electron chi connectivity index (χ0n) is 11.5. The van der Waals surface area contributed by atoms with E-state index < -0.39 is 5.97 Å². The summed E-state index contributed by atoms with van der Waals surface area (Å²) in [5.41, 5.74) is 0. The Morgan fingerprint density at radius 3 is 2.28 bits per heavy atom. The number of carbonyl (C=O) groups excluding carboxylic acids is 1. The summed E-state index contributed by atoms with van der Waals surface area (Å²) in [5, 5.41) is 11.9. The van der Waals surface area contributed by atoms with E-state index >= 15 is 0 Å². The van der Waals surface area contributed by atoms with Crippen LogP contribution in [-0.2, 0) is 4.79 Å². The standard InChI is InChI=1S/C13H24N2O3/c1-4-11(9(2)3)14-13(18)15-7-5-10(6-8-15)12(16)17/h9-11H,4-8H2,1-3H3,(H,14,18)(H,16,17). The molecule has 2 amide bonds. The minimum absolute atomic E-state index is 0.0561. The minimum atomic E-state index is -0.747. The maximum atomic E-state index is 12.0. The highest BCUT2D eigenvalue weighted by Crippen LogP contribution is 2.17. The third kappa shape index (κ3) is 3.89. The lowest BCUT2D eigenvalue weighted by Gasteiger charge is -2.32. The molecule has 5 heteroatoms. The van der Waals surface area contributed by atoms with E-state index in [4.69, 9.17) is 5.11 Å². The van der Waals surface area contributed by atoms with Gasteiger partial charge in [0, 0.05) is 19.1 Å². The van der Waals surface area contributed by atoms with Crippen molar-refractivity contribution in [3.8, 4) is 0 Å². The lowest BCUT2D eigenvalue weighted by atomic mass is 9.97. The summed E-state index contributed by atoms with van der Waals surface area (Å²) >= 11 is 0. The van der Waals surface area contributed by atoms with Crippen LogP contribution in [0.3, 0.4) is 0 Å². The van der Waals surface area contributed by atoms with E-state index in [-0.39, 0.29) is 18.0 Å². The van der Waals surface area contributed by atoms with E-state index in [1.54, 1.807) is 4.90 Å². The van der Waals surface area contributed by atoms with Gasteiger partial charge in [0.15, 0.2) is 0 Å². The second-order valence-corrected chi connectivity index (χ2v) is 5.31. The molecule has 1 saturated heterocycles. The van der Waals surface area contributed by atoms with Crippen molar-refractivity contribution in [2.75, 3.05) is 13.1 Å². The molecule has 18 heavy (non-hydrogen) atoms. The smallest absolute Gasteiger partial charge is 0.317 e. The highest BCUT2D eigenvalue weighted by atomic mass is 16.4. The first-order valence-electron chi connectivity index (χ1n) is 6.74. The molecule has 1 heterocycles. The predicted octanol–water partition coefficient (Wildman–Crippen LogP) is 1.93. The number of hydrogen-bond donors (Lipinski definition) is 2. The number of urea groups is 1. The molecule has 0 aromatic rings. The SMILES string of the molecule is CCC(NC(=O)N1CCC(C(=O)O)CC1)C(C)C. The molecule has 5 nitrogen and oxygen atoms in total. The van der Waals surface area contributed by atoms with Gasteiger partial charge in [-0.3, -0.25) is 4.79 Å². The average molecular weight is 256 g/mol. The maximum Gasteiger partial charge on any atom is 0.317 e. The third-order valence-electron chi connectivity index (χ3n) is 3.68. The van der Waals surface area contributed by atoms with Gasteiger partial charge in [-0.05, 0) is 25.2 Å². The van der Waals surface area contributed by atoms with Gasteiger partial charge in [-0.15, -0.1) is 0 Å². The molecule has 0 aromatic carbocycles. The predicted molar refractivity (Wildman–Crippen MR) is 69.4 cm³/mol. The normalized spacial score (nSPS) is 18.8. The highest BCUT2D eigenvalue weighted by Gasteiger charge is 2.27. The van der Waals surface area contributed by atoms with Crippen LogP contribution >= 0.6 is 0 Å². The van der Waals surface area contributed by atoms with Crippen LogP contribution in [0.4, 0.5) is 4.79 Å². The molecule has 0 radical (unpaired) electrons. The van der Waals surface area contributed by atoms with E-state index in [1.807, 2.05) is 0 Å². The number of hydrogen-bond acceptors (Lipinski definition) is 2. The summed E-state index contributed by atoms with van der Waals surface area (Å²) in [6.45, 7) is 7.31. The molecule has 0 saturated carbocycles. The number of piperidine rings is 1. The first-order chi connectivity index (χ1) is 8.45.